The van der Waals surface area contributed by atoms with Crippen molar-refractivity contribution in [1.82, 2.24) is 4.90 Å². The Morgan fingerprint density at radius 1 is 1.52 bits per heavy atom. The fourth-order valence-electron chi connectivity index (χ4n) is 2.07. The second-order valence-corrected chi connectivity index (χ2v) is 4.56. The number of benzene rings is 1. The third-order valence-corrected chi connectivity index (χ3v) is 3.01. The van der Waals surface area contributed by atoms with Crippen molar-refractivity contribution in [3.8, 4) is 6.07 Å². The van der Waals surface area contributed by atoms with E-state index < -0.39 is 16.9 Å². The van der Waals surface area contributed by atoms with Crippen molar-refractivity contribution in [2.75, 3.05) is 13.1 Å². The van der Waals surface area contributed by atoms with Crippen LogP contribution in [0.25, 0.3) is 0 Å². The van der Waals surface area contributed by atoms with Crippen molar-refractivity contribution in [3.63, 3.8) is 0 Å². The quantitative estimate of drug-likeness (QED) is 0.581. The molecule has 0 bridgehead atoms. The van der Waals surface area contributed by atoms with Crippen molar-refractivity contribution in [1.29, 1.82) is 5.26 Å². The summed E-state index contributed by atoms with van der Waals surface area (Å²) in [6, 6.07) is 7.30. The minimum atomic E-state index is -0.938. The summed E-state index contributed by atoms with van der Waals surface area (Å²) in [6.07, 6.45) is 0.680. The molecule has 112 valence electrons. The largest absolute Gasteiger partial charge is 0.481 e. The second-order valence-electron chi connectivity index (χ2n) is 4.56. The summed E-state index contributed by atoms with van der Waals surface area (Å²) >= 11 is 0. The molecule has 1 atom stereocenters. The molecule has 1 unspecified atom stereocenters. The molecule has 0 saturated carbocycles. The third-order valence-electron chi connectivity index (χ3n) is 3.01. The Kier molecular flexibility index (Phi) is 6.30. The number of carboxylic acids is 1. The Labute approximate surface area is 122 Å². The van der Waals surface area contributed by atoms with Gasteiger partial charge in [0.1, 0.15) is 6.04 Å². The molecule has 21 heavy (non-hydrogen) atoms. The van der Waals surface area contributed by atoms with Gasteiger partial charge in [0, 0.05) is 18.7 Å². The number of non-ortho nitro benzene ring substituents is 1. The maximum atomic E-state index is 10.8. The number of nitrogens with zero attached hydrogens (tertiary/aromatic N) is 3. The van der Waals surface area contributed by atoms with Crippen molar-refractivity contribution in [2.45, 2.75) is 25.8 Å². The van der Waals surface area contributed by atoms with E-state index in [4.69, 9.17) is 5.11 Å². The van der Waals surface area contributed by atoms with Crippen LogP contribution in [-0.2, 0) is 4.79 Å². The lowest BCUT2D eigenvalue weighted by molar-refractivity contribution is -0.384. The van der Waals surface area contributed by atoms with Gasteiger partial charge in [0.25, 0.3) is 5.69 Å². The number of hydrogen-bond acceptors (Lipinski definition) is 5. The van der Waals surface area contributed by atoms with E-state index in [0.717, 1.165) is 6.42 Å². The number of nitro groups is 1. The summed E-state index contributed by atoms with van der Waals surface area (Å²) in [6.45, 7) is 2.70. The molecule has 0 radical (unpaired) electrons. The monoisotopic (exact) mass is 291 g/mol. The Bertz CT molecular complexity index is 553. The van der Waals surface area contributed by atoms with E-state index in [9.17, 15) is 20.2 Å². The lowest BCUT2D eigenvalue weighted by atomic mass is 10.0. The average molecular weight is 291 g/mol. The van der Waals surface area contributed by atoms with Gasteiger partial charge in [0.15, 0.2) is 0 Å². The zero-order valence-corrected chi connectivity index (χ0v) is 11.7. The van der Waals surface area contributed by atoms with Gasteiger partial charge in [-0.2, -0.15) is 5.26 Å². The summed E-state index contributed by atoms with van der Waals surface area (Å²) in [7, 11) is 0. The van der Waals surface area contributed by atoms with Crippen LogP contribution in [0.15, 0.2) is 24.3 Å². The van der Waals surface area contributed by atoms with Gasteiger partial charge in [-0.05, 0) is 18.5 Å². The fourth-order valence-corrected chi connectivity index (χ4v) is 2.07. The van der Waals surface area contributed by atoms with Crippen LogP contribution < -0.4 is 0 Å². The molecule has 1 rings (SSSR count). The van der Waals surface area contributed by atoms with Crippen molar-refractivity contribution >= 4 is 11.7 Å². The lowest BCUT2D eigenvalue weighted by Crippen LogP contribution is -2.31. The van der Waals surface area contributed by atoms with Crippen LogP contribution in [0.1, 0.15) is 31.4 Å². The van der Waals surface area contributed by atoms with Gasteiger partial charge in [0.2, 0.25) is 0 Å². The van der Waals surface area contributed by atoms with Gasteiger partial charge in [-0.25, -0.2) is 0 Å². The highest BCUT2D eigenvalue weighted by molar-refractivity contribution is 5.66. The first kappa shape index (κ1) is 16.6. The molecule has 0 spiro atoms. The number of nitro benzene ring substituents is 1. The molecule has 0 fully saturated rings. The predicted octanol–water partition coefficient (Wildman–Crippen LogP) is 2.35. The van der Waals surface area contributed by atoms with Gasteiger partial charge in [-0.15, -0.1) is 0 Å². The number of carboxylic acid groups (broad SMARTS) is 1. The van der Waals surface area contributed by atoms with Crippen LogP contribution in [-0.4, -0.2) is 34.0 Å². The first-order valence-corrected chi connectivity index (χ1v) is 6.59. The molecule has 1 aromatic carbocycles. The van der Waals surface area contributed by atoms with Gasteiger partial charge in [-0.3, -0.25) is 19.8 Å². The zero-order valence-electron chi connectivity index (χ0n) is 11.7. The molecule has 0 aliphatic rings. The fraction of sp³-hybridized carbons (Fsp3) is 0.429. The standard InChI is InChI=1S/C14H17N3O4/c1-2-7-16(8-6-14(18)19)13(10-15)11-4-3-5-12(9-11)17(20)21/h3-5,9,13H,2,6-8H2,1H3,(H,18,19). The Morgan fingerprint density at radius 3 is 2.76 bits per heavy atom. The Balaban J connectivity index is 3.02. The van der Waals surface area contributed by atoms with Crippen LogP contribution in [0, 0.1) is 21.4 Å². The van der Waals surface area contributed by atoms with Crippen molar-refractivity contribution < 1.29 is 14.8 Å². The van der Waals surface area contributed by atoms with Crippen LogP contribution in [0.5, 0.6) is 0 Å². The average Bonchev–Trinajstić information content (AvgIpc) is 2.45. The SMILES string of the molecule is CCCN(CCC(=O)O)C(C#N)c1cccc([N+](=O)[O-])c1. The van der Waals surface area contributed by atoms with Crippen molar-refractivity contribution in [3.05, 3.63) is 39.9 Å². The summed E-state index contributed by atoms with van der Waals surface area (Å²) in [5, 5.41) is 28.9. The van der Waals surface area contributed by atoms with Crippen LogP contribution in [0.2, 0.25) is 0 Å². The first-order valence-electron chi connectivity index (χ1n) is 6.59. The number of rotatable bonds is 8. The van der Waals surface area contributed by atoms with Gasteiger partial charge in [-0.1, -0.05) is 19.1 Å². The minimum absolute atomic E-state index is 0.0763. The molecule has 0 saturated heterocycles. The molecule has 0 aliphatic heterocycles. The molecule has 0 heterocycles. The smallest absolute Gasteiger partial charge is 0.304 e. The summed E-state index contributed by atoms with van der Waals surface area (Å²) < 4.78 is 0. The molecular formula is C14H17N3O4. The van der Waals surface area contributed by atoms with Gasteiger partial charge >= 0.3 is 5.97 Å². The number of nitriles is 1. The minimum Gasteiger partial charge on any atom is -0.481 e. The molecule has 1 aromatic rings. The van der Waals surface area contributed by atoms with Gasteiger partial charge in [0.05, 0.1) is 17.4 Å². The van der Waals surface area contributed by atoms with E-state index in [2.05, 4.69) is 6.07 Å². The van der Waals surface area contributed by atoms with E-state index in [1.165, 1.54) is 18.2 Å². The zero-order chi connectivity index (χ0) is 15.8. The maximum Gasteiger partial charge on any atom is 0.304 e. The number of hydrogen-bond donors (Lipinski definition) is 1. The highest BCUT2D eigenvalue weighted by Crippen LogP contribution is 2.24. The normalized spacial score (nSPS) is 11.9. The number of carbonyl (C=O) groups is 1. The van der Waals surface area contributed by atoms with E-state index in [-0.39, 0.29) is 18.7 Å². The molecule has 7 nitrogen and oxygen atoms in total. The topological polar surface area (TPSA) is 107 Å². The van der Waals surface area contributed by atoms with E-state index >= 15 is 0 Å². The molecule has 7 heteroatoms. The Hall–Kier alpha value is -2.46. The highest BCUT2D eigenvalue weighted by atomic mass is 16.6. The maximum absolute atomic E-state index is 10.8. The third kappa shape index (κ3) is 4.85. The molecule has 0 amide bonds. The van der Waals surface area contributed by atoms with Crippen LogP contribution in [0.4, 0.5) is 5.69 Å². The van der Waals surface area contributed by atoms with Gasteiger partial charge < -0.3 is 5.11 Å². The van der Waals surface area contributed by atoms with Crippen LogP contribution >= 0.6 is 0 Å². The van der Waals surface area contributed by atoms with Crippen LogP contribution in [0.3, 0.4) is 0 Å². The summed E-state index contributed by atoms with van der Waals surface area (Å²) in [4.78, 5) is 22.7. The first-order chi connectivity index (χ1) is 9.99. The highest BCUT2D eigenvalue weighted by Gasteiger charge is 2.21. The molecule has 1 N–H and O–H groups in total. The molecule has 0 aromatic heterocycles. The molecule has 0 aliphatic carbocycles. The number of aliphatic carboxylic acids is 1. The van der Waals surface area contributed by atoms with E-state index in [1.54, 1.807) is 11.0 Å². The molecular weight excluding hydrogens is 274 g/mol. The second kappa shape index (κ2) is 7.97. The predicted molar refractivity (Wildman–Crippen MR) is 75.6 cm³/mol. The summed E-state index contributed by atoms with van der Waals surface area (Å²) in [5.74, 6) is -0.938. The van der Waals surface area contributed by atoms with Crippen molar-refractivity contribution in [2.24, 2.45) is 0 Å². The van der Waals surface area contributed by atoms with E-state index in [0.29, 0.717) is 12.1 Å². The lowest BCUT2D eigenvalue weighted by Gasteiger charge is -2.26. The summed E-state index contributed by atoms with van der Waals surface area (Å²) in [5.41, 5.74) is 0.424. The van der Waals surface area contributed by atoms with E-state index in [1.807, 2.05) is 6.92 Å². The Morgan fingerprint density at radius 2 is 2.24 bits per heavy atom.